The third-order valence-electron chi connectivity index (χ3n) is 3.95. The van der Waals surface area contributed by atoms with Crippen LogP contribution >= 0.6 is 11.6 Å². The van der Waals surface area contributed by atoms with Crippen molar-refractivity contribution in [1.82, 2.24) is 5.32 Å². The van der Waals surface area contributed by atoms with Crippen molar-refractivity contribution in [1.29, 1.82) is 0 Å². The van der Waals surface area contributed by atoms with Gasteiger partial charge in [-0.1, -0.05) is 41.9 Å². The van der Waals surface area contributed by atoms with E-state index in [1.807, 2.05) is 19.2 Å². The Labute approximate surface area is 119 Å². The van der Waals surface area contributed by atoms with Crippen molar-refractivity contribution in [3.63, 3.8) is 0 Å². The van der Waals surface area contributed by atoms with Gasteiger partial charge < -0.3 is 5.32 Å². The van der Waals surface area contributed by atoms with Crippen LogP contribution in [0.1, 0.15) is 34.7 Å². The summed E-state index contributed by atoms with van der Waals surface area (Å²) in [5.41, 5.74) is 5.64. The minimum atomic E-state index is 0.239. The number of aryl methyl sites for hydroxylation is 2. The van der Waals surface area contributed by atoms with E-state index in [1.54, 1.807) is 0 Å². The zero-order valence-electron chi connectivity index (χ0n) is 11.1. The Kier molecular flexibility index (Phi) is 3.58. The largest absolute Gasteiger partial charge is 0.309 e. The smallest absolute Gasteiger partial charge is 0.0574 e. The van der Waals surface area contributed by atoms with Crippen molar-refractivity contribution in [2.24, 2.45) is 0 Å². The molecule has 0 fully saturated rings. The number of hydrogen-bond acceptors (Lipinski definition) is 1. The highest BCUT2D eigenvalue weighted by molar-refractivity contribution is 6.30. The van der Waals surface area contributed by atoms with Gasteiger partial charge in [0.05, 0.1) is 6.04 Å². The van der Waals surface area contributed by atoms with Crippen LogP contribution in [0.2, 0.25) is 5.02 Å². The van der Waals surface area contributed by atoms with E-state index < -0.39 is 0 Å². The van der Waals surface area contributed by atoms with Gasteiger partial charge in [-0.25, -0.2) is 0 Å². The molecule has 19 heavy (non-hydrogen) atoms. The summed E-state index contributed by atoms with van der Waals surface area (Å²) in [4.78, 5) is 0. The maximum Gasteiger partial charge on any atom is 0.0574 e. The van der Waals surface area contributed by atoms with E-state index >= 15 is 0 Å². The normalized spacial score (nSPS) is 15.3. The van der Waals surface area contributed by atoms with Gasteiger partial charge in [-0.05, 0) is 60.7 Å². The Bertz CT molecular complexity index is 574. The molecule has 1 N–H and O–H groups in total. The highest BCUT2D eigenvalue weighted by Crippen LogP contribution is 2.28. The fourth-order valence-corrected chi connectivity index (χ4v) is 3.08. The van der Waals surface area contributed by atoms with Gasteiger partial charge in [-0.3, -0.25) is 0 Å². The van der Waals surface area contributed by atoms with Crippen LogP contribution in [-0.4, -0.2) is 7.05 Å². The number of rotatable bonds is 3. The van der Waals surface area contributed by atoms with Gasteiger partial charge >= 0.3 is 0 Å². The molecule has 1 atom stereocenters. The quantitative estimate of drug-likeness (QED) is 0.885. The summed E-state index contributed by atoms with van der Waals surface area (Å²) in [6.45, 7) is 0. The Morgan fingerprint density at radius 3 is 2.37 bits per heavy atom. The first-order chi connectivity index (χ1) is 9.28. The minimum absolute atomic E-state index is 0.239. The molecule has 1 nitrogen and oxygen atoms in total. The number of hydrogen-bond donors (Lipinski definition) is 1. The lowest BCUT2D eigenvalue weighted by atomic mass is 9.96. The lowest BCUT2D eigenvalue weighted by Crippen LogP contribution is -2.17. The lowest BCUT2D eigenvalue weighted by Gasteiger charge is -2.18. The van der Waals surface area contributed by atoms with Crippen molar-refractivity contribution >= 4 is 11.6 Å². The second-order valence-corrected chi connectivity index (χ2v) is 5.59. The molecule has 2 heteroatoms. The Balaban J connectivity index is 1.96. The first-order valence-electron chi connectivity index (χ1n) is 6.82. The van der Waals surface area contributed by atoms with Crippen LogP contribution in [0.25, 0.3) is 0 Å². The highest BCUT2D eigenvalue weighted by Gasteiger charge is 2.16. The van der Waals surface area contributed by atoms with Crippen molar-refractivity contribution in [3.8, 4) is 0 Å². The minimum Gasteiger partial charge on any atom is -0.309 e. The Morgan fingerprint density at radius 2 is 1.63 bits per heavy atom. The molecular formula is C17H18ClN. The van der Waals surface area contributed by atoms with E-state index in [4.69, 9.17) is 11.6 Å². The topological polar surface area (TPSA) is 12.0 Å². The lowest BCUT2D eigenvalue weighted by molar-refractivity contribution is 0.691. The standard InChI is InChI=1S/C17H18ClN/c1-19-17(13-7-9-16(18)10-8-13)15-6-5-12-3-2-4-14(12)11-15/h5-11,17,19H,2-4H2,1H3. The molecule has 0 aromatic heterocycles. The highest BCUT2D eigenvalue weighted by atomic mass is 35.5. The molecule has 1 aliphatic rings. The molecule has 0 aliphatic heterocycles. The van der Waals surface area contributed by atoms with Gasteiger partial charge in [0, 0.05) is 5.02 Å². The third-order valence-corrected chi connectivity index (χ3v) is 4.20. The number of benzene rings is 2. The zero-order valence-corrected chi connectivity index (χ0v) is 11.9. The molecular weight excluding hydrogens is 254 g/mol. The van der Waals surface area contributed by atoms with Crippen LogP contribution in [0.15, 0.2) is 42.5 Å². The maximum atomic E-state index is 5.96. The summed E-state index contributed by atoms with van der Waals surface area (Å²) < 4.78 is 0. The van der Waals surface area contributed by atoms with Gasteiger partial charge in [0.25, 0.3) is 0 Å². The molecule has 0 saturated carbocycles. The summed E-state index contributed by atoms with van der Waals surface area (Å²) in [6.07, 6.45) is 3.75. The van der Waals surface area contributed by atoms with E-state index in [0.29, 0.717) is 0 Å². The average molecular weight is 272 g/mol. The van der Waals surface area contributed by atoms with Crippen LogP contribution < -0.4 is 5.32 Å². The van der Waals surface area contributed by atoms with Crippen molar-refractivity contribution < 1.29 is 0 Å². The van der Waals surface area contributed by atoms with Crippen LogP contribution in [0.5, 0.6) is 0 Å². The van der Waals surface area contributed by atoms with Crippen LogP contribution in [0.4, 0.5) is 0 Å². The molecule has 1 unspecified atom stereocenters. The molecule has 2 aromatic rings. The van der Waals surface area contributed by atoms with E-state index in [9.17, 15) is 0 Å². The van der Waals surface area contributed by atoms with Gasteiger partial charge in [0.1, 0.15) is 0 Å². The molecule has 98 valence electrons. The SMILES string of the molecule is CNC(c1ccc(Cl)cc1)c1ccc2c(c1)CCC2. The van der Waals surface area contributed by atoms with Crippen LogP contribution in [0.3, 0.4) is 0 Å². The number of nitrogens with one attached hydrogen (secondary N) is 1. The fraction of sp³-hybridized carbons (Fsp3) is 0.294. The third kappa shape index (κ3) is 2.54. The summed E-state index contributed by atoms with van der Waals surface area (Å²) in [5, 5.41) is 4.19. The second kappa shape index (κ2) is 5.36. The van der Waals surface area contributed by atoms with Gasteiger partial charge in [0.15, 0.2) is 0 Å². The van der Waals surface area contributed by atoms with Crippen LogP contribution in [-0.2, 0) is 12.8 Å². The predicted molar refractivity (Wildman–Crippen MR) is 80.8 cm³/mol. The molecule has 0 spiro atoms. The Hall–Kier alpha value is -1.31. The van der Waals surface area contributed by atoms with Gasteiger partial charge in [-0.2, -0.15) is 0 Å². The first-order valence-corrected chi connectivity index (χ1v) is 7.20. The van der Waals surface area contributed by atoms with E-state index in [0.717, 1.165) is 5.02 Å². The summed E-state index contributed by atoms with van der Waals surface area (Å²) >= 11 is 5.96. The predicted octanol–water partition coefficient (Wildman–Crippen LogP) is 4.14. The molecule has 1 aliphatic carbocycles. The van der Waals surface area contributed by atoms with Gasteiger partial charge in [-0.15, -0.1) is 0 Å². The Morgan fingerprint density at radius 1 is 0.947 bits per heavy atom. The fourth-order valence-electron chi connectivity index (χ4n) is 2.95. The second-order valence-electron chi connectivity index (χ2n) is 5.15. The monoisotopic (exact) mass is 271 g/mol. The molecule has 0 bridgehead atoms. The average Bonchev–Trinajstić information content (AvgIpc) is 2.89. The van der Waals surface area contributed by atoms with E-state index in [-0.39, 0.29) is 6.04 Å². The first kappa shape index (κ1) is 12.7. The van der Waals surface area contributed by atoms with Gasteiger partial charge in [0.2, 0.25) is 0 Å². The zero-order chi connectivity index (χ0) is 13.2. The maximum absolute atomic E-state index is 5.96. The summed E-state index contributed by atoms with van der Waals surface area (Å²) in [7, 11) is 2.01. The van der Waals surface area contributed by atoms with Crippen LogP contribution in [0, 0.1) is 0 Å². The molecule has 0 amide bonds. The summed E-state index contributed by atoms with van der Waals surface area (Å²) in [6, 6.07) is 15.2. The number of fused-ring (bicyclic) bond motifs is 1. The molecule has 2 aromatic carbocycles. The van der Waals surface area contributed by atoms with E-state index in [1.165, 1.54) is 41.5 Å². The van der Waals surface area contributed by atoms with Crippen molar-refractivity contribution in [2.75, 3.05) is 7.05 Å². The molecule has 0 heterocycles. The molecule has 0 saturated heterocycles. The summed E-state index contributed by atoms with van der Waals surface area (Å²) in [5.74, 6) is 0. The molecule has 0 radical (unpaired) electrons. The van der Waals surface area contributed by atoms with Crippen molar-refractivity contribution in [2.45, 2.75) is 25.3 Å². The van der Waals surface area contributed by atoms with E-state index in [2.05, 4.69) is 35.6 Å². The molecule has 3 rings (SSSR count). The van der Waals surface area contributed by atoms with Crippen molar-refractivity contribution in [3.05, 3.63) is 69.7 Å². The number of halogens is 1.